The number of fused-ring (bicyclic) bond motifs is 1. The summed E-state index contributed by atoms with van der Waals surface area (Å²) in [6.07, 6.45) is 0. The molecule has 0 radical (unpaired) electrons. The number of nitroso groups, excluding NO2 is 1. The second-order valence-corrected chi connectivity index (χ2v) is 7.79. The standard InChI is InChI=1S/C18H24N4O4/c1-18(2)13-9-21(17(16(13)18)14(19)10-26-3)8-12-5-4-11(7-20-23)6-15(12)22(24)25/h4-6,13,16-17,19H,7-10H2,1-3H3. The summed E-state index contributed by atoms with van der Waals surface area (Å²) in [4.78, 5) is 23.6. The van der Waals surface area contributed by atoms with Gasteiger partial charge in [0.1, 0.15) is 6.54 Å². The third-order valence-electron chi connectivity index (χ3n) is 5.93. The second kappa shape index (κ2) is 6.85. The molecule has 2 fully saturated rings. The van der Waals surface area contributed by atoms with Crippen LogP contribution in [0.2, 0.25) is 0 Å². The van der Waals surface area contributed by atoms with Gasteiger partial charge in [-0.05, 0) is 22.8 Å². The number of rotatable bonds is 8. The summed E-state index contributed by atoms with van der Waals surface area (Å²) in [5.74, 6) is 0.894. The molecule has 0 bridgehead atoms. The van der Waals surface area contributed by atoms with Gasteiger partial charge in [0.15, 0.2) is 0 Å². The second-order valence-electron chi connectivity index (χ2n) is 7.79. The Balaban J connectivity index is 1.85. The minimum absolute atomic E-state index is 0.00278. The van der Waals surface area contributed by atoms with E-state index in [9.17, 15) is 15.0 Å². The van der Waals surface area contributed by atoms with Gasteiger partial charge in [-0.1, -0.05) is 31.2 Å². The molecule has 1 aliphatic carbocycles. The number of likely N-dealkylation sites (tertiary alicyclic amines) is 1. The van der Waals surface area contributed by atoms with Crippen molar-refractivity contribution in [2.45, 2.75) is 33.0 Å². The summed E-state index contributed by atoms with van der Waals surface area (Å²) in [7, 11) is 1.58. The number of methoxy groups -OCH3 is 1. The summed E-state index contributed by atoms with van der Waals surface area (Å²) in [5, 5.41) is 22.7. The number of nitro benzene ring substituents is 1. The molecule has 0 spiro atoms. The summed E-state index contributed by atoms with van der Waals surface area (Å²) in [6.45, 7) is 5.86. The predicted octanol–water partition coefficient (Wildman–Crippen LogP) is 2.98. The first-order valence-corrected chi connectivity index (χ1v) is 8.66. The van der Waals surface area contributed by atoms with Crippen LogP contribution in [0, 0.1) is 37.7 Å². The van der Waals surface area contributed by atoms with Crippen LogP contribution in [0.25, 0.3) is 0 Å². The molecule has 3 atom stereocenters. The molecule has 1 saturated carbocycles. The van der Waals surface area contributed by atoms with Crippen LogP contribution in [0.5, 0.6) is 0 Å². The van der Waals surface area contributed by atoms with Crippen molar-refractivity contribution in [3.8, 4) is 0 Å². The first-order chi connectivity index (χ1) is 12.3. The molecule has 1 aromatic rings. The fraction of sp³-hybridized carbons (Fsp3) is 0.611. The number of hydrogen-bond donors (Lipinski definition) is 1. The lowest BCUT2D eigenvalue weighted by molar-refractivity contribution is -0.385. The Bertz CT molecular complexity index is 749. The van der Waals surface area contributed by atoms with Crippen LogP contribution in [0.4, 0.5) is 5.69 Å². The van der Waals surface area contributed by atoms with Crippen molar-refractivity contribution in [2.75, 3.05) is 20.3 Å². The number of nitro groups is 1. The molecule has 8 nitrogen and oxygen atoms in total. The third-order valence-corrected chi connectivity index (χ3v) is 5.93. The lowest BCUT2D eigenvalue weighted by atomic mass is 9.97. The van der Waals surface area contributed by atoms with E-state index in [1.807, 2.05) is 0 Å². The SMILES string of the molecule is COCC(=N)C1C2C(CN1Cc1ccc(CN=O)cc1[N+](=O)[O-])C2(C)C. The molecule has 0 amide bonds. The van der Waals surface area contributed by atoms with Gasteiger partial charge in [-0.3, -0.25) is 15.0 Å². The van der Waals surface area contributed by atoms with E-state index in [1.165, 1.54) is 6.07 Å². The fourth-order valence-electron chi connectivity index (χ4n) is 4.50. The number of ether oxygens (including phenoxy) is 1. The van der Waals surface area contributed by atoms with Crippen LogP contribution in [-0.4, -0.2) is 41.8 Å². The zero-order valence-electron chi connectivity index (χ0n) is 15.3. The van der Waals surface area contributed by atoms with Crippen molar-refractivity contribution in [2.24, 2.45) is 22.4 Å². The number of nitrogens with zero attached hydrogens (tertiary/aromatic N) is 3. The Morgan fingerprint density at radius 2 is 2.23 bits per heavy atom. The number of hydrogen-bond acceptors (Lipinski definition) is 7. The van der Waals surface area contributed by atoms with E-state index >= 15 is 0 Å². The van der Waals surface area contributed by atoms with E-state index in [0.717, 1.165) is 6.54 Å². The molecule has 140 valence electrons. The third kappa shape index (κ3) is 3.14. The van der Waals surface area contributed by atoms with Crippen molar-refractivity contribution in [1.29, 1.82) is 5.41 Å². The summed E-state index contributed by atoms with van der Waals surface area (Å²) >= 11 is 0. The molecule has 1 N–H and O–H groups in total. The van der Waals surface area contributed by atoms with E-state index < -0.39 is 4.92 Å². The largest absolute Gasteiger partial charge is 0.379 e. The van der Waals surface area contributed by atoms with Gasteiger partial charge in [-0.2, -0.15) is 4.91 Å². The van der Waals surface area contributed by atoms with E-state index in [1.54, 1.807) is 19.2 Å². The zero-order chi connectivity index (χ0) is 19.1. The molecule has 1 aliphatic heterocycles. The minimum Gasteiger partial charge on any atom is -0.379 e. The van der Waals surface area contributed by atoms with Crippen molar-refractivity contribution in [1.82, 2.24) is 4.90 Å². The number of benzene rings is 1. The minimum atomic E-state index is -0.417. The van der Waals surface area contributed by atoms with Crippen molar-refractivity contribution >= 4 is 11.4 Å². The summed E-state index contributed by atoms with van der Waals surface area (Å²) in [6, 6.07) is 4.78. The maximum Gasteiger partial charge on any atom is 0.274 e. The van der Waals surface area contributed by atoms with Crippen LogP contribution in [0.1, 0.15) is 25.0 Å². The maximum absolute atomic E-state index is 11.5. The van der Waals surface area contributed by atoms with Crippen LogP contribution < -0.4 is 0 Å². The van der Waals surface area contributed by atoms with Gasteiger partial charge in [0.2, 0.25) is 0 Å². The maximum atomic E-state index is 11.5. The zero-order valence-corrected chi connectivity index (χ0v) is 15.3. The van der Waals surface area contributed by atoms with Gasteiger partial charge in [0.05, 0.1) is 23.3 Å². The van der Waals surface area contributed by atoms with Gasteiger partial charge in [-0.25, -0.2) is 0 Å². The van der Waals surface area contributed by atoms with Gasteiger partial charge < -0.3 is 10.1 Å². The Morgan fingerprint density at radius 3 is 2.85 bits per heavy atom. The molecule has 1 heterocycles. The molecular formula is C18H24N4O4. The Hall–Kier alpha value is -2.19. The highest BCUT2D eigenvalue weighted by molar-refractivity contribution is 5.89. The molecule has 3 unspecified atom stereocenters. The van der Waals surface area contributed by atoms with E-state index in [4.69, 9.17) is 10.1 Å². The van der Waals surface area contributed by atoms with Gasteiger partial charge in [0, 0.05) is 31.8 Å². The van der Waals surface area contributed by atoms with Crippen LogP contribution in [0.15, 0.2) is 23.4 Å². The van der Waals surface area contributed by atoms with Crippen LogP contribution in [0.3, 0.4) is 0 Å². The first-order valence-electron chi connectivity index (χ1n) is 8.66. The lowest BCUT2D eigenvalue weighted by Crippen LogP contribution is -2.42. The monoisotopic (exact) mass is 360 g/mol. The van der Waals surface area contributed by atoms with Crippen LogP contribution >= 0.6 is 0 Å². The Kier molecular flexibility index (Phi) is 4.90. The molecular weight excluding hydrogens is 336 g/mol. The van der Waals surface area contributed by atoms with Crippen molar-refractivity contribution < 1.29 is 9.66 Å². The van der Waals surface area contributed by atoms with E-state index in [-0.39, 0.29) is 30.3 Å². The molecule has 8 heteroatoms. The topological polar surface area (TPSA) is 109 Å². The van der Waals surface area contributed by atoms with Crippen LogP contribution in [-0.2, 0) is 17.8 Å². The van der Waals surface area contributed by atoms with E-state index in [0.29, 0.717) is 35.2 Å². The molecule has 2 aliphatic rings. The summed E-state index contributed by atoms with van der Waals surface area (Å²) in [5.41, 5.74) is 1.86. The fourth-order valence-corrected chi connectivity index (χ4v) is 4.50. The summed E-state index contributed by atoms with van der Waals surface area (Å²) < 4.78 is 5.15. The molecule has 1 saturated heterocycles. The highest BCUT2D eigenvalue weighted by atomic mass is 16.6. The molecule has 3 rings (SSSR count). The average Bonchev–Trinajstić information content (AvgIpc) is 2.93. The number of piperidine rings is 1. The van der Waals surface area contributed by atoms with Gasteiger partial charge >= 0.3 is 0 Å². The predicted molar refractivity (Wildman–Crippen MR) is 97.2 cm³/mol. The Labute approximate surface area is 152 Å². The molecule has 26 heavy (non-hydrogen) atoms. The van der Waals surface area contributed by atoms with Crippen molar-refractivity contribution in [3.05, 3.63) is 44.3 Å². The highest BCUT2D eigenvalue weighted by Gasteiger charge is 2.67. The smallest absolute Gasteiger partial charge is 0.274 e. The van der Waals surface area contributed by atoms with Gasteiger partial charge in [0.25, 0.3) is 5.69 Å². The molecule has 1 aromatic carbocycles. The van der Waals surface area contributed by atoms with Gasteiger partial charge in [-0.15, -0.1) is 0 Å². The lowest BCUT2D eigenvalue weighted by Gasteiger charge is -2.31. The highest BCUT2D eigenvalue weighted by Crippen LogP contribution is 2.65. The quantitative estimate of drug-likeness (QED) is 0.332. The molecule has 0 aromatic heterocycles. The van der Waals surface area contributed by atoms with Crippen molar-refractivity contribution in [3.63, 3.8) is 0 Å². The Morgan fingerprint density at radius 1 is 1.50 bits per heavy atom. The normalized spacial score (nSPS) is 26.3. The number of nitrogens with one attached hydrogen (secondary N) is 1. The van der Waals surface area contributed by atoms with E-state index in [2.05, 4.69) is 23.9 Å². The average molecular weight is 360 g/mol. The first kappa shape index (κ1) is 18.6.